The molecule has 2 rings (SSSR count). The van der Waals surface area contributed by atoms with Crippen LogP contribution in [0.15, 0.2) is 46.0 Å². The first-order chi connectivity index (χ1) is 9.13. The monoisotopic (exact) mass is 337 g/mol. The number of rotatable bonds is 5. The number of hydrogen-bond acceptors (Lipinski definition) is 4. The first-order valence-corrected chi connectivity index (χ1v) is 7.85. The number of halogens is 1. The van der Waals surface area contributed by atoms with Crippen molar-refractivity contribution in [1.29, 1.82) is 0 Å². The van der Waals surface area contributed by atoms with Gasteiger partial charge in [-0.05, 0) is 43.2 Å². The summed E-state index contributed by atoms with van der Waals surface area (Å²) in [4.78, 5) is 9.95. The normalized spacial score (nSPS) is 12.4. The quantitative estimate of drug-likeness (QED) is 0.849. The third kappa shape index (κ3) is 4.93. The fraction of sp³-hybridized carbons (Fsp3) is 0.286. The minimum atomic E-state index is 0.145. The summed E-state index contributed by atoms with van der Waals surface area (Å²) in [6.45, 7) is 1.98. The zero-order valence-corrected chi connectivity index (χ0v) is 13.1. The van der Waals surface area contributed by atoms with Crippen LogP contribution in [0.2, 0.25) is 0 Å². The Kier molecular flexibility index (Phi) is 5.36. The summed E-state index contributed by atoms with van der Waals surface area (Å²) < 4.78 is 1.09. The van der Waals surface area contributed by atoms with Gasteiger partial charge in [0.1, 0.15) is 5.82 Å². The molecule has 0 aliphatic carbocycles. The fourth-order valence-electron chi connectivity index (χ4n) is 1.61. The highest BCUT2D eigenvalue weighted by molar-refractivity contribution is 9.10. The van der Waals surface area contributed by atoms with Gasteiger partial charge in [0.25, 0.3) is 0 Å². The van der Waals surface area contributed by atoms with Crippen molar-refractivity contribution in [3.63, 3.8) is 0 Å². The largest absolute Gasteiger partial charge is 0.328 e. The zero-order valence-electron chi connectivity index (χ0n) is 10.7. The summed E-state index contributed by atoms with van der Waals surface area (Å²) in [5.41, 5.74) is 6.84. The third-order valence-electron chi connectivity index (χ3n) is 2.50. The van der Waals surface area contributed by atoms with E-state index in [0.29, 0.717) is 0 Å². The Bertz CT molecular complexity index is 511. The molecule has 100 valence electrons. The fourth-order valence-corrected chi connectivity index (χ4v) is 2.65. The van der Waals surface area contributed by atoms with Gasteiger partial charge in [0.15, 0.2) is 0 Å². The van der Waals surface area contributed by atoms with E-state index in [1.54, 1.807) is 11.8 Å². The van der Waals surface area contributed by atoms with E-state index in [2.05, 4.69) is 38.0 Å². The molecule has 0 aliphatic rings. The van der Waals surface area contributed by atoms with Crippen molar-refractivity contribution < 1.29 is 0 Å². The highest BCUT2D eigenvalue weighted by Crippen LogP contribution is 2.23. The Hall–Kier alpha value is -0.910. The van der Waals surface area contributed by atoms with E-state index in [1.165, 1.54) is 4.90 Å². The van der Waals surface area contributed by atoms with Crippen LogP contribution < -0.4 is 5.73 Å². The van der Waals surface area contributed by atoms with Gasteiger partial charge in [-0.15, -0.1) is 11.8 Å². The molecule has 0 saturated heterocycles. The Labute approximate surface area is 126 Å². The van der Waals surface area contributed by atoms with Gasteiger partial charge in [-0.1, -0.05) is 15.9 Å². The molecule has 0 bridgehead atoms. The van der Waals surface area contributed by atoms with E-state index >= 15 is 0 Å². The van der Waals surface area contributed by atoms with Crippen molar-refractivity contribution in [3.05, 3.63) is 52.5 Å². The SMILES string of the molecule is CC(N)Cc1cnc(CSc2ccc(Br)cc2)nc1. The third-order valence-corrected chi connectivity index (χ3v) is 4.03. The maximum Gasteiger partial charge on any atom is 0.138 e. The molecule has 0 spiro atoms. The smallest absolute Gasteiger partial charge is 0.138 e. The molecular weight excluding hydrogens is 322 g/mol. The van der Waals surface area contributed by atoms with Crippen LogP contribution in [-0.2, 0) is 12.2 Å². The maximum atomic E-state index is 5.75. The summed E-state index contributed by atoms with van der Waals surface area (Å²) in [7, 11) is 0. The van der Waals surface area contributed by atoms with E-state index in [-0.39, 0.29) is 6.04 Å². The number of thioether (sulfide) groups is 1. The number of aromatic nitrogens is 2. The topological polar surface area (TPSA) is 51.8 Å². The molecule has 0 saturated carbocycles. The summed E-state index contributed by atoms with van der Waals surface area (Å²) >= 11 is 5.16. The van der Waals surface area contributed by atoms with Crippen molar-refractivity contribution in [2.24, 2.45) is 5.73 Å². The second kappa shape index (κ2) is 7.03. The van der Waals surface area contributed by atoms with Crippen LogP contribution in [-0.4, -0.2) is 16.0 Å². The molecular formula is C14H16BrN3S. The predicted octanol–water partition coefficient (Wildman–Crippen LogP) is 3.42. The van der Waals surface area contributed by atoms with Gasteiger partial charge < -0.3 is 5.73 Å². The van der Waals surface area contributed by atoms with Gasteiger partial charge in [0, 0.05) is 27.8 Å². The van der Waals surface area contributed by atoms with Crippen LogP contribution in [0.1, 0.15) is 18.3 Å². The lowest BCUT2D eigenvalue weighted by atomic mass is 10.1. The van der Waals surface area contributed by atoms with Crippen LogP contribution in [0, 0.1) is 0 Å². The Balaban J connectivity index is 1.91. The molecule has 0 aliphatic heterocycles. The van der Waals surface area contributed by atoms with Crippen LogP contribution in [0.5, 0.6) is 0 Å². The molecule has 3 nitrogen and oxygen atoms in total. The maximum absolute atomic E-state index is 5.75. The van der Waals surface area contributed by atoms with Crippen LogP contribution >= 0.6 is 27.7 Å². The van der Waals surface area contributed by atoms with E-state index < -0.39 is 0 Å². The van der Waals surface area contributed by atoms with Gasteiger partial charge in [-0.3, -0.25) is 0 Å². The Morgan fingerprint density at radius 1 is 1.21 bits per heavy atom. The summed E-state index contributed by atoms with van der Waals surface area (Å²) in [5.74, 6) is 1.63. The first-order valence-electron chi connectivity index (χ1n) is 6.07. The lowest BCUT2D eigenvalue weighted by molar-refractivity contribution is 0.730. The molecule has 2 aromatic rings. The molecule has 2 N–H and O–H groups in total. The lowest BCUT2D eigenvalue weighted by Crippen LogP contribution is -2.18. The summed E-state index contributed by atoms with van der Waals surface area (Å²) in [6.07, 6.45) is 4.56. The van der Waals surface area contributed by atoms with Crippen LogP contribution in [0.3, 0.4) is 0 Å². The number of nitrogens with zero attached hydrogens (tertiary/aromatic N) is 2. The van der Waals surface area contributed by atoms with E-state index in [4.69, 9.17) is 5.73 Å². The highest BCUT2D eigenvalue weighted by Gasteiger charge is 2.02. The van der Waals surface area contributed by atoms with Crippen molar-refractivity contribution in [1.82, 2.24) is 9.97 Å². The second-order valence-corrected chi connectivity index (χ2v) is 6.40. The molecule has 1 unspecified atom stereocenters. The van der Waals surface area contributed by atoms with E-state index in [0.717, 1.165) is 28.0 Å². The van der Waals surface area contributed by atoms with E-state index in [1.807, 2.05) is 31.5 Å². The average molecular weight is 338 g/mol. The molecule has 19 heavy (non-hydrogen) atoms. The van der Waals surface area contributed by atoms with Crippen molar-refractivity contribution >= 4 is 27.7 Å². The van der Waals surface area contributed by atoms with Gasteiger partial charge in [-0.25, -0.2) is 9.97 Å². The summed E-state index contributed by atoms with van der Waals surface area (Å²) in [6, 6.07) is 8.38. The van der Waals surface area contributed by atoms with Crippen LogP contribution in [0.4, 0.5) is 0 Å². The predicted molar refractivity (Wildman–Crippen MR) is 83.1 cm³/mol. The van der Waals surface area contributed by atoms with Gasteiger partial charge in [0.2, 0.25) is 0 Å². The minimum absolute atomic E-state index is 0.145. The Morgan fingerprint density at radius 2 is 1.84 bits per heavy atom. The molecule has 1 aromatic carbocycles. The van der Waals surface area contributed by atoms with Gasteiger partial charge in [-0.2, -0.15) is 0 Å². The Morgan fingerprint density at radius 3 is 2.42 bits per heavy atom. The van der Waals surface area contributed by atoms with Crippen molar-refractivity contribution in [3.8, 4) is 0 Å². The second-order valence-electron chi connectivity index (χ2n) is 4.43. The molecule has 0 radical (unpaired) electrons. The van der Waals surface area contributed by atoms with E-state index in [9.17, 15) is 0 Å². The molecule has 5 heteroatoms. The van der Waals surface area contributed by atoms with Gasteiger partial charge in [0.05, 0.1) is 5.75 Å². The standard InChI is InChI=1S/C14H16BrN3S/c1-10(16)6-11-7-17-14(18-8-11)9-19-13-4-2-12(15)3-5-13/h2-5,7-8,10H,6,9,16H2,1H3. The number of benzene rings is 1. The lowest BCUT2D eigenvalue weighted by Gasteiger charge is -2.05. The van der Waals surface area contributed by atoms with Gasteiger partial charge >= 0.3 is 0 Å². The number of hydrogen-bond donors (Lipinski definition) is 1. The van der Waals surface area contributed by atoms with Crippen molar-refractivity contribution in [2.45, 2.75) is 30.0 Å². The minimum Gasteiger partial charge on any atom is -0.328 e. The summed E-state index contributed by atoms with van der Waals surface area (Å²) in [5, 5.41) is 0. The van der Waals surface area contributed by atoms with Crippen molar-refractivity contribution in [2.75, 3.05) is 0 Å². The zero-order chi connectivity index (χ0) is 13.7. The molecule has 0 amide bonds. The highest BCUT2D eigenvalue weighted by atomic mass is 79.9. The molecule has 1 atom stereocenters. The average Bonchev–Trinajstić information content (AvgIpc) is 2.39. The first kappa shape index (κ1) is 14.5. The number of nitrogens with two attached hydrogens (primary N) is 1. The molecule has 1 aromatic heterocycles. The van der Waals surface area contributed by atoms with Crippen LogP contribution in [0.25, 0.3) is 0 Å². The molecule has 0 fully saturated rings. The molecule has 1 heterocycles.